The molecular formula is C14H30O2. The molecule has 0 atom stereocenters. The minimum Gasteiger partial charge on any atom is -0.376 e. The first-order valence-electron chi connectivity index (χ1n) is 6.61. The van der Waals surface area contributed by atoms with Gasteiger partial charge in [0, 0.05) is 13.2 Å². The molecule has 0 aromatic carbocycles. The lowest BCUT2D eigenvalue weighted by Crippen LogP contribution is -2.26. The molecule has 0 spiro atoms. The lowest BCUT2D eigenvalue weighted by molar-refractivity contribution is -0.0283. The zero-order valence-corrected chi connectivity index (χ0v) is 12.1. The number of unbranched alkanes of at least 4 members (excludes halogenated alkanes) is 1. The van der Waals surface area contributed by atoms with E-state index in [1.807, 2.05) is 0 Å². The molecule has 0 amide bonds. The second kappa shape index (κ2) is 7.29. The van der Waals surface area contributed by atoms with Gasteiger partial charge in [-0.2, -0.15) is 0 Å². The Morgan fingerprint density at radius 3 is 1.25 bits per heavy atom. The van der Waals surface area contributed by atoms with Crippen molar-refractivity contribution in [2.24, 2.45) is 0 Å². The van der Waals surface area contributed by atoms with E-state index in [1.54, 1.807) is 0 Å². The Hall–Kier alpha value is -0.0800. The monoisotopic (exact) mass is 230 g/mol. The molecule has 0 aromatic rings. The van der Waals surface area contributed by atoms with E-state index in [2.05, 4.69) is 41.5 Å². The Bertz CT molecular complexity index is 154. The second-order valence-corrected chi connectivity index (χ2v) is 5.59. The molecule has 0 saturated heterocycles. The highest BCUT2D eigenvalue weighted by atomic mass is 16.5. The van der Waals surface area contributed by atoms with Crippen molar-refractivity contribution >= 4 is 0 Å². The third-order valence-electron chi connectivity index (χ3n) is 2.88. The van der Waals surface area contributed by atoms with Gasteiger partial charge < -0.3 is 9.47 Å². The summed E-state index contributed by atoms with van der Waals surface area (Å²) in [6.45, 7) is 14.4. The molecule has 2 nitrogen and oxygen atoms in total. The van der Waals surface area contributed by atoms with Crippen molar-refractivity contribution in [3.05, 3.63) is 0 Å². The van der Waals surface area contributed by atoms with Crippen molar-refractivity contribution < 1.29 is 9.47 Å². The fourth-order valence-electron chi connectivity index (χ4n) is 2.03. The average molecular weight is 230 g/mol. The zero-order chi connectivity index (χ0) is 12.7. The lowest BCUT2D eigenvalue weighted by Gasteiger charge is -2.27. The predicted octanol–water partition coefficient (Wildman–Crippen LogP) is 4.18. The van der Waals surface area contributed by atoms with E-state index in [1.165, 1.54) is 12.8 Å². The van der Waals surface area contributed by atoms with Crippen LogP contribution in [0.4, 0.5) is 0 Å². The van der Waals surface area contributed by atoms with E-state index in [0.29, 0.717) is 0 Å². The van der Waals surface area contributed by atoms with Crippen molar-refractivity contribution in [1.82, 2.24) is 0 Å². The molecule has 0 saturated carbocycles. The molecule has 0 radical (unpaired) electrons. The van der Waals surface area contributed by atoms with Crippen LogP contribution in [-0.4, -0.2) is 24.4 Å². The highest BCUT2D eigenvalue weighted by molar-refractivity contribution is 4.72. The van der Waals surface area contributed by atoms with Gasteiger partial charge in [-0.1, -0.05) is 12.8 Å². The number of ether oxygens (including phenoxy) is 2. The number of rotatable bonds is 9. The highest BCUT2D eigenvalue weighted by Crippen LogP contribution is 2.22. The summed E-state index contributed by atoms with van der Waals surface area (Å²) < 4.78 is 11.4. The molecular weight excluding hydrogens is 200 g/mol. The van der Waals surface area contributed by atoms with Gasteiger partial charge in [0.05, 0.1) is 11.2 Å². The summed E-state index contributed by atoms with van der Waals surface area (Å²) >= 11 is 0. The van der Waals surface area contributed by atoms with Crippen LogP contribution in [-0.2, 0) is 9.47 Å². The number of hydrogen-bond donors (Lipinski definition) is 0. The number of hydrogen-bond acceptors (Lipinski definition) is 2. The summed E-state index contributed by atoms with van der Waals surface area (Å²) in [5, 5.41) is 0. The molecule has 0 aliphatic rings. The standard InChI is InChI=1S/C14H30O2/c1-7-15-13(3,4)11-9-10-12-14(5,6)16-8-2/h7-12H2,1-6H3. The van der Waals surface area contributed by atoms with E-state index in [0.717, 1.165) is 26.1 Å². The molecule has 0 unspecified atom stereocenters. The van der Waals surface area contributed by atoms with E-state index < -0.39 is 0 Å². The predicted molar refractivity (Wildman–Crippen MR) is 69.9 cm³/mol. The van der Waals surface area contributed by atoms with Crippen LogP contribution in [0, 0.1) is 0 Å². The normalized spacial score (nSPS) is 13.1. The van der Waals surface area contributed by atoms with Crippen molar-refractivity contribution in [2.75, 3.05) is 13.2 Å². The minimum atomic E-state index is 0.0322. The zero-order valence-electron chi connectivity index (χ0n) is 12.1. The van der Waals surface area contributed by atoms with Crippen molar-refractivity contribution in [3.8, 4) is 0 Å². The molecule has 0 aliphatic heterocycles. The molecule has 0 rings (SSSR count). The van der Waals surface area contributed by atoms with Gasteiger partial charge >= 0.3 is 0 Å². The van der Waals surface area contributed by atoms with Gasteiger partial charge in [-0.25, -0.2) is 0 Å². The Balaban J connectivity index is 3.67. The summed E-state index contributed by atoms with van der Waals surface area (Å²) in [6.07, 6.45) is 4.68. The largest absolute Gasteiger partial charge is 0.376 e. The van der Waals surface area contributed by atoms with E-state index >= 15 is 0 Å². The van der Waals surface area contributed by atoms with Crippen LogP contribution in [0.25, 0.3) is 0 Å². The van der Waals surface area contributed by atoms with Crippen LogP contribution in [0.3, 0.4) is 0 Å². The molecule has 0 heterocycles. The van der Waals surface area contributed by atoms with Crippen LogP contribution in [0.1, 0.15) is 67.2 Å². The van der Waals surface area contributed by atoms with Crippen LogP contribution in [0.5, 0.6) is 0 Å². The van der Waals surface area contributed by atoms with Gasteiger partial charge in [-0.05, 0) is 54.4 Å². The fourth-order valence-corrected chi connectivity index (χ4v) is 2.03. The summed E-state index contributed by atoms with van der Waals surface area (Å²) in [6, 6.07) is 0. The lowest BCUT2D eigenvalue weighted by atomic mass is 9.95. The Morgan fingerprint density at radius 1 is 0.688 bits per heavy atom. The van der Waals surface area contributed by atoms with Crippen molar-refractivity contribution in [2.45, 2.75) is 78.4 Å². The maximum Gasteiger partial charge on any atom is 0.0626 e. The van der Waals surface area contributed by atoms with E-state index in [4.69, 9.17) is 9.47 Å². The van der Waals surface area contributed by atoms with Gasteiger partial charge in [-0.3, -0.25) is 0 Å². The van der Waals surface area contributed by atoms with Gasteiger partial charge in [0.2, 0.25) is 0 Å². The summed E-state index contributed by atoms with van der Waals surface area (Å²) in [7, 11) is 0. The second-order valence-electron chi connectivity index (χ2n) is 5.59. The van der Waals surface area contributed by atoms with Crippen molar-refractivity contribution in [1.29, 1.82) is 0 Å². The van der Waals surface area contributed by atoms with E-state index in [-0.39, 0.29) is 11.2 Å². The Kier molecular flexibility index (Phi) is 7.25. The maximum absolute atomic E-state index is 5.68. The van der Waals surface area contributed by atoms with Gasteiger partial charge in [-0.15, -0.1) is 0 Å². The summed E-state index contributed by atoms with van der Waals surface area (Å²) in [4.78, 5) is 0. The first kappa shape index (κ1) is 15.9. The summed E-state index contributed by atoms with van der Waals surface area (Å²) in [5.74, 6) is 0. The molecule has 0 bridgehead atoms. The first-order valence-corrected chi connectivity index (χ1v) is 6.61. The average Bonchev–Trinajstić information content (AvgIpc) is 2.12. The fraction of sp³-hybridized carbons (Fsp3) is 1.00. The van der Waals surface area contributed by atoms with E-state index in [9.17, 15) is 0 Å². The van der Waals surface area contributed by atoms with Gasteiger partial charge in [0.25, 0.3) is 0 Å². The topological polar surface area (TPSA) is 18.5 Å². The van der Waals surface area contributed by atoms with Crippen LogP contribution in [0.2, 0.25) is 0 Å². The van der Waals surface area contributed by atoms with Gasteiger partial charge in [0.15, 0.2) is 0 Å². The Labute approximate surface area is 102 Å². The molecule has 0 fully saturated rings. The summed E-state index contributed by atoms with van der Waals surface area (Å²) in [5.41, 5.74) is 0.0645. The quantitative estimate of drug-likeness (QED) is 0.553. The van der Waals surface area contributed by atoms with Crippen molar-refractivity contribution in [3.63, 3.8) is 0 Å². The third kappa shape index (κ3) is 8.12. The van der Waals surface area contributed by atoms with Crippen LogP contribution in [0.15, 0.2) is 0 Å². The van der Waals surface area contributed by atoms with Crippen LogP contribution >= 0.6 is 0 Å². The molecule has 0 aromatic heterocycles. The SMILES string of the molecule is CCOC(C)(C)CCCCC(C)(C)OCC. The smallest absolute Gasteiger partial charge is 0.0626 e. The minimum absolute atomic E-state index is 0.0322. The molecule has 2 heteroatoms. The third-order valence-corrected chi connectivity index (χ3v) is 2.88. The first-order chi connectivity index (χ1) is 7.33. The maximum atomic E-state index is 5.68. The molecule has 98 valence electrons. The Morgan fingerprint density at radius 2 is 1.00 bits per heavy atom. The molecule has 0 N–H and O–H groups in total. The van der Waals surface area contributed by atoms with Gasteiger partial charge in [0.1, 0.15) is 0 Å². The highest BCUT2D eigenvalue weighted by Gasteiger charge is 2.19. The van der Waals surface area contributed by atoms with Crippen LogP contribution < -0.4 is 0 Å². The molecule has 16 heavy (non-hydrogen) atoms. The molecule has 0 aliphatic carbocycles.